The fraction of sp³-hybridized carbons (Fsp3) is 0.500. The Hall–Kier alpha value is -0.500. The molecule has 0 unspecified atom stereocenters. The van der Waals surface area contributed by atoms with Crippen LogP contribution in [0.15, 0.2) is 27.6 Å². The lowest BCUT2D eigenvalue weighted by Crippen LogP contribution is -2.64. The monoisotopic (exact) mass is 349 g/mol. The molecule has 0 radical (unpaired) electrons. The minimum atomic E-state index is -3.71. The summed E-state index contributed by atoms with van der Waals surface area (Å²) in [5.74, 6) is -0.389. The highest BCUT2D eigenvalue weighted by atomic mass is 79.9. The van der Waals surface area contributed by atoms with Crippen LogP contribution in [0.4, 0.5) is 4.39 Å². The number of β-amino-alcohol motifs (C(OH)–C–C–N with tert-alkyl or cyclic N) is 1. The van der Waals surface area contributed by atoms with Crippen LogP contribution < -0.4 is 0 Å². The molecule has 3 rings (SSSR count). The first-order chi connectivity index (χ1) is 8.83. The van der Waals surface area contributed by atoms with E-state index < -0.39 is 21.4 Å². The highest BCUT2D eigenvalue weighted by Gasteiger charge is 2.55. The van der Waals surface area contributed by atoms with E-state index in [1.54, 1.807) is 0 Å². The van der Waals surface area contributed by atoms with Crippen molar-refractivity contribution >= 4 is 26.0 Å². The van der Waals surface area contributed by atoms with Crippen molar-refractivity contribution in [3.63, 3.8) is 0 Å². The molecule has 1 aromatic carbocycles. The van der Waals surface area contributed by atoms with Gasteiger partial charge in [-0.3, -0.25) is 0 Å². The van der Waals surface area contributed by atoms with Crippen molar-refractivity contribution in [2.24, 2.45) is 5.92 Å². The van der Waals surface area contributed by atoms with Gasteiger partial charge in [0.05, 0.1) is 15.0 Å². The lowest BCUT2D eigenvalue weighted by atomic mass is 9.91. The second kappa shape index (κ2) is 4.25. The van der Waals surface area contributed by atoms with E-state index in [0.29, 0.717) is 0 Å². The number of halogens is 2. The summed E-state index contributed by atoms with van der Waals surface area (Å²) in [5, 5.41) is 10.1. The molecular weight excluding hydrogens is 337 g/mol. The second-order valence-electron chi connectivity index (χ2n) is 5.23. The minimum absolute atomic E-state index is 0.0777. The van der Waals surface area contributed by atoms with Crippen molar-refractivity contribution < 1.29 is 17.9 Å². The van der Waals surface area contributed by atoms with E-state index >= 15 is 0 Å². The first-order valence-electron chi connectivity index (χ1n) is 6.00. The van der Waals surface area contributed by atoms with Crippen LogP contribution in [0.5, 0.6) is 0 Å². The van der Waals surface area contributed by atoms with Crippen molar-refractivity contribution in [3.05, 3.63) is 28.5 Å². The van der Waals surface area contributed by atoms with Crippen LogP contribution in [0.25, 0.3) is 0 Å². The third-order valence-electron chi connectivity index (χ3n) is 3.77. The first kappa shape index (κ1) is 13.5. The summed E-state index contributed by atoms with van der Waals surface area (Å²) in [7, 11) is -3.71. The largest absolute Gasteiger partial charge is 0.387 e. The summed E-state index contributed by atoms with van der Waals surface area (Å²) in [4.78, 5) is -0.0777. The Kier molecular flexibility index (Phi) is 3.01. The molecule has 0 atom stereocenters. The third kappa shape index (κ3) is 2.22. The van der Waals surface area contributed by atoms with Crippen molar-refractivity contribution in [3.8, 4) is 0 Å². The van der Waals surface area contributed by atoms with Gasteiger partial charge >= 0.3 is 0 Å². The average Bonchev–Trinajstić information content (AvgIpc) is 3.12. The fourth-order valence-electron chi connectivity index (χ4n) is 2.40. The predicted molar refractivity (Wildman–Crippen MR) is 70.5 cm³/mol. The van der Waals surface area contributed by atoms with Gasteiger partial charge in [-0.25, -0.2) is 12.8 Å². The van der Waals surface area contributed by atoms with E-state index in [9.17, 15) is 17.9 Å². The molecule has 7 heteroatoms. The SMILES string of the molecule is O=S(=O)(c1ccc(Br)c(F)c1)N1CC(O)(C2CC2)C1. The van der Waals surface area contributed by atoms with Crippen LogP contribution in [0.1, 0.15) is 12.8 Å². The Labute approximate surface area is 119 Å². The van der Waals surface area contributed by atoms with Crippen LogP contribution in [0, 0.1) is 11.7 Å². The molecule has 0 amide bonds. The zero-order chi connectivity index (χ0) is 13.8. The van der Waals surface area contributed by atoms with Gasteiger partial charge in [-0.15, -0.1) is 0 Å². The molecule has 0 bridgehead atoms. The Balaban J connectivity index is 1.82. The van der Waals surface area contributed by atoms with Gasteiger partial charge in [0.25, 0.3) is 0 Å². The number of benzene rings is 1. The number of hydrogen-bond acceptors (Lipinski definition) is 3. The number of rotatable bonds is 3. The van der Waals surface area contributed by atoms with E-state index in [2.05, 4.69) is 15.9 Å². The number of aliphatic hydroxyl groups is 1. The maximum absolute atomic E-state index is 13.4. The van der Waals surface area contributed by atoms with Crippen molar-refractivity contribution in [1.29, 1.82) is 0 Å². The van der Waals surface area contributed by atoms with Crippen LogP contribution in [0.3, 0.4) is 0 Å². The van der Waals surface area contributed by atoms with E-state index in [1.807, 2.05) is 0 Å². The number of nitrogens with zero attached hydrogens (tertiary/aromatic N) is 1. The quantitative estimate of drug-likeness (QED) is 0.904. The Bertz CT molecular complexity index is 624. The molecule has 2 fully saturated rings. The van der Waals surface area contributed by atoms with Crippen LogP contribution in [-0.2, 0) is 10.0 Å². The highest BCUT2D eigenvalue weighted by molar-refractivity contribution is 9.10. The van der Waals surface area contributed by atoms with Crippen molar-refractivity contribution in [2.45, 2.75) is 23.3 Å². The normalized spacial score (nSPS) is 23.1. The first-order valence-corrected chi connectivity index (χ1v) is 8.24. The van der Waals surface area contributed by atoms with Gasteiger partial charge in [-0.05, 0) is 52.9 Å². The van der Waals surface area contributed by atoms with Crippen molar-refractivity contribution in [2.75, 3.05) is 13.1 Å². The van der Waals surface area contributed by atoms with E-state index in [-0.39, 0.29) is 28.4 Å². The summed E-state index contributed by atoms with van der Waals surface area (Å²) < 4.78 is 39.3. The Morgan fingerprint density at radius 2 is 2.00 bits per heavy atom. The maximum atomic E-state index is 13.4. The van der Waals surface area contributed by atoms with Gasteiger partial charge in [0.15, 0.2) is 0 Å². The molecule has 1 N–H and O–H groups in total. The summed E-state index contributed by atoms with van der Waals surface area (Å²) in [5.41, 5.74) is -0.874. The standard InChI is InChI=1S/C12H13BrFNO3S/c13-10-4-3-9(5-11(10)14)19(17,18)15-6-12(16,7-15)8-1-2-8/h3-5,8,16H,1-2,6-7H2. The molecule has 1 saturated carbocycles. The molecule has 1 aliphatic carbocycles. The van der Waals surface area contributed by atoms with Crippen LogP contribution in [-0.4, -0.2) is 36.5 Å². The molecule has 19 heavy (non-hydrogen) atoms. The summed E-state index contributed by atoms with van der Waals surface area (Å²) in [6.07, 6.45) is 1.91. The lowest BCUT2D eigenvalue weighted by molar-refractivity contribution is -0.0764. The van der Waals surface area contributed by atoms with Gasteiger partial charge in [-0.2, -0.15) is 4.31 Å². The number of hydrogen-bond donors (Lipinski definition) is 1. The highest BCUT2D eigenvalue weighted by Crippen LogP contribution is 2.45. The van der Waals surface area contributed by atoms with Gasteiger partial charge in [0.2, 0.25) is 10.0 Å². The van der Waals surface area contributed by atoms with Crippen LogP contribution in [0.2, 0.25) is 0 Å². The molecular formula is C12H13BrFNO3S. The van der Waals surface area contributed by atoms with Gasteiger partial charge in [-0.1, -0.05) is 0 Å². The topological polar surface area (TPSA) is 57.6 Å². The van der Waals surface area contributed by atoms with Gasteiger partial charge in [0.1, 0.15) is 5.82 Å². The lowest BCUT2D eigenvalue weighted by Gasteiger charge is -2.45. The van der Waals surface area contributed by atoms with Gasteiger partial charge < -0.3 is 5.11 Å². The second-order valence-corrected chi connectivity index (χ2v) is 8.02. The molecule has 1 aliphatic heterocycles. The van der Waals surface area contributed by atoms with E-state index in [4.69, 9.17) is 0 Å². The zero-order valence-electron chi connectivity index (χ0n) is 10.0. The molecule has 1 aromatic rings. The Morgan fingerprint density at radius 1 is 1.37 bits per heavy atom. The Morgan fingerprint density at radius 3 is 2.53 bits per heavy atom. The molecule has 4 nitrogen and oxygen atoms in total. The van der Waals surface area contributed by atoms with E-state index in [0.717, 1.165) is 18.9 Å². The average molecular weight is 350 g/mol. The third-order valence-corrected chi connectivity index (χ3v) is 6.20. The molecule has 0 aromatic heterocycles. The van der Waals surface area contributed by atoms with E-state index in [1.165, 1.54) is 16.4 Å². The molecule has 2 aliphatic rings. The minimum Gasteiger partial charge on any atom is -0.387 e. The summed E-state index contributed by atoms with van der Waals surface area (Å²) >= 11 is 2.99. The van der Waals surface area contributed by atoms with Crippen LogP contribution >= 0.6 is 15.9 Å². The zero-order valence-corrected chi connectivity index (χ0v) is 12.4. The van der Waals surface area contributed by atoms with Gasteiger partial charge in [0, 0.05) is 13.1 Å². The van der Waals surface area contributed by atoms with Crippen molar-refractivity contribution in [1.82, 2.24) is 4.31 Å². The molecule has 104 valence electrons. The molecule has 0 spiro atoms. The maximum Gasteiger partial charge on any atom is 0.243 e. The molecule has 1 heterocycles. The smallest absolute Gasteiger partial charge is 0.243 e. The molecule has 1 saturated heterocycles. The fourth-order valence-corrected chi connectivity index (χ4v) is 4.22. The predicted octanol–water partition coefficient (Wildman–Crippen LogP) is 1.73. The summed E-state index contributed by atoms with van der Waals surface area (Å²) in [6.45, 7) is 0.218. The number of sulfonamides is 1. The summed E-state index contributed by atoms with van der Waals surface area (Å²) in [6, 6.07) is 3.72.